The number of nitrogens with zero attached hydrogens (tertiary/aromatic N) is 1. The minimum atomic E-state index is -0.712. The Bertz CT molecular complexity index is 1620. The Morgan fingerprint density at radius 1 is 0.915 bits per heavy atom. The van der Waals surface area contributed by atoms with Gasteiger partial charge in [-0.1, -0.05) is 48.5 Å². The average molecular weight is 642 g/mol. The largest absolute Gasteiger partial charge is 0.497 e. The van der Waals surface area contributed by atoms with Crippen LogP contribution in [-0.2, 0) is 38.6 Å². The van der Waals surface area contributed by atoms with Crippen LogP contribution in [0.1, 0.15) is 50.3 Å². The van der Waals surface area contributed by atoms with Crippen LogP contribution in [0.25, 0.3) is 11.1 Å². The molecule has 3 aliphatic rings. The molecule has 0 fully saturated rings. The molecule has 11 heteroatoms. The third-order valence-electron chi connectivity index (χ3n) is 8.44. The maximum Gasteiger partial charge on any atom is 0.325 e. The van der Waals surface area contributed by atoms with Gasteiger partial charge in [0.15, 0.2) is 0 Å². The van der Waals surface area contributed by atoms with Gasteiger partial charge in [-0.3, -0.25) is 14.4 Å². The smallest absolute Gasteiger partial charge is 0.325 e. The Morgan fingerprint density at radius 2 is 1.66 bits per heavy atom. The fourth-order valence-corrected chi connectivity index (χ4v) is 5.94. The van der Waals surface area contributed by atoms with Gasteiger partial charge >= 0.3 is 12.0 Å². The van der Waals surface area contributed by atoms with Gasteiger partial charge in [0.2, 0.25) is 11.8 Å². The molecule has 3 heterocycles. The van der Waals surface area contributed by atoms with Crippen LogP contribution in [0.2, 0.25) is 0 Å². The Labute approximate surface area is 275 Å². The highest BCUT2D eigenvalue weighted by molar-refractivity contribution is 6.00. The number of aryl methyl sites for hydroxylation is 1. The quantitative estimate of drug-likeness (QED) is 0.234. The number of anilines is 1. The number of nitrogens with one attached hydrogen (secondary N) is 4. The number of esters is 1. The van der Waals surface area contributed by atoms with Crippen LogP contribution in [0.3, 0.4) is 0 Å². The number of rotatable bonds is 1. The van der Waals surface area contributed by atoms with E-state index >= 15 is 0 Å². The third kappa shape index (κ3) is 8.68. The zero-order chi connectivity index (χ0) is 33.6. The summed E-state index contributed by atoms with van der Waals surface area (Å²) in [6.45, 7) is 6.07. The predicted molar refractivity (Wildman–Crippen MR) is 179 cm³/mol. The van der Waals surface area contributed by atoms with Gasteiger partial charge in [0.1, 0.15) is 24.4 Å². The predicted octanol–water partition coefficient (Wildman–Crippen LogP) is 3.83. The molecule has 0 aliphatic carbocycles. The molecule has 4 bridgehead atoms. The van der Waals surface area contributed by atoms with E-state index in [4.69, 9.17) is 9.47 Å². The molecule has 3 aliphatic heterocycles. The SMILES string of the molecule is COc1ccc2c(c1)CC[C@H]1NC(=O)CC(C)(C)NC[C@@H](C)OC(=O)CNC(=O)NCc3ccccc3-c3ccc(cc3)CN2C1=O. The van der Waals surface area contributed by atoms with E-state index in [1.807, 2.05) is 80.6 Å². The van der Waals surface area contributed by atoms with Crippen LogP contribution in [0.4, 0.5) is 10.5 Å². The molecular formula is C36H43N5O6. The molecule has 3 aromatic carbocycles. The van der Waals surface area contributed by atoms with E-state index in [0.717, 1.165) is 33.5 Å². The fourth-order valence-electron chi connectivity index (χ4n) is 5.94. The number of amides is 4. The Kier molecular flexibility index (Phi) is 10.5. The van der Waals surface area contributed by atoms with Gasteiger partial charge in [-0.2, -0.15) is 0 Å². The number of carbonyl (C=O) groups is 4. The van der Waals surface area contributed by atoms with Crippen molar-refractivity contribution in [3.05, 3.63) is 83.4 Å². The third-order valence-corrected chi connectivity index (χ3v) is 8.44. The summed E-state index contributed by atoms with van der Waals surface area (Å²) in [5.41, 5.74) is 4.83. The first-order chi connectivity index (χ1) is 22.5. The van der Waals surface area contributed by atoms with Crippen molar-refractivity contribution < 1.29 is 28.7 Å². The van der Waals surface area contributed by atoms with Gasteiger partial charge in [0.25, 0.3) is 0 Å². The topological polar surface area (TPSA) is 138 Å². The number of hydrogen-bond donors (Lipinski definition) is 4. The molecule has 0 spiro atoms. The molecule has 3 aromatic rings. The van der Waals surface area contributed by atoms with E-state index in [2.05, 4.69) is 21.3 Å². The minimum absolute atomic E-state index is 0.100. The second-order valence-electron chi connectivity index (χ2n) is 12.7. The number of hydrogen-bond acceptors (Lipinski definition) is 7. The van der Waals surface area contributed by atoms with Crippen molar-refractivity contribution >= 4 is 29.5 Å². The Morgan fingerprint density at radius 3 is 2.43 bits per heavy atom. The van der Waals surface area contributed by atoms with Crippen molar-refractivity contribution in [3.8, 4) is 16.9 Å². The van der Waals surface area contributed by atoms with Crippen LogP contribution in [0, 0.1) is 0 Å². The summed E-state index contributed by atoms with van der Waals surface area (Å²) < 4.78 is 10.9. The van der Waals surface area contributed by atoms with Crippen LogP contribution in [-0.4, -0.2) is 61.7 Å². The lowest BCUT2D eigenvalue weighted by molar-refractivity contribution is -0.147. The molecule has 0 aromatic heterocycles. The lowest BCUT2D eigenvalue weighted by Gasteiger charge is -2.30. The van der Waals surface area contributed by atoms with Gasteiger partial charge in [-0.05, 0) is 79.6 Å². The van der Waals surface area contributed by atoms with Crippen molar-refractivity contribution in [2.24, 2.45) is 0 Å². The maximum atomic E-state index is 14.1. The molecule has 4 amide bonds. The van der Waals surface area contributed by atoms with Gasteiger partial charge in [0.05, 0.1) is 13.7 Å². The van der Waals surface area contributed by atoms with Crippen LogP contribution in [0.15, 0.2) is 66.7 Å². The standard InChI is InChI=1S/C36H43N5O6/c1-23-19-39-36(2,3)18-32(42)40-30-15-13-26-17-28(46-4)14-16-31(26)41(34(30)44)22-24-9-11-25(12-10-24)29-8-6-5-7-27(29)20-37-35(45)38-21-33(43)47-23/h5-12,14,16-17,23,30,39H,13,15,18-22H2,1-4H3,(H,40,42)(H2,37,38,45)/t23-,30-/m1/s1. The Balaban J connectivity index is 1.46. The van der Waals surface area contributed by atoms with Crippen molar-refractivity contribution in [2.75, 3.05) is 25.1 Å². The summed E-state index contributed by atoms with van der Waals surface area (Å²) in [5.74, 6) is -0.310. The van der Waals surface area contributed by atoms with Crippen molar-refractivity contribution in [1.82, 2.24) is 21.3 Å². The first kappa shape index (κ1) is 33.5. The molecule has 2 atom stereocenters. The van der Waals surface area contributed by atoms with E-state index in [9.17, 15) is 19.2 Å². The molecule has 0 saturated heterocycles. The van der Waals surface area contributed by atoms with Gasteiger partial charge < -0.3 is 35.6 Å². The molecule has 0 saturated carbocycles. The number of carbonyl (C=O) groups excluding carboxylic acids is 4. The van der Waals surface area contributed by atoms with Crippen LogP contribution >= 0.6 is 0 Å². The highest BCUT2D eigenvalue weighted by Crippen LogP contribution is 2.32. The number of urea groups is 1. The lowest BCUT2D eigenvalue weighted by Crippen LogP contribution is -2.51. The summed E-state index contributed by atoms with van der Waals surface area (Å²) in [4.78, 5) is 54.1. The van der Waals surface area contributed by atoms with Crippen molar-refractivity contribution in [1.29, 1.82) is 0 Å². The van der Waals surface area contributed by atoms with Gasteiger partial charge in [0, 0.05) is 30.7 Å². The number of benzene rings is 3. The molecule has 248 valence electrons. The normalized spacial score (nSPS) is 21.1. The Hall–Kier alpha value is -4.90. The summed E-state index contributed by atoms with van der Waals surface area (Å²) >= 11 is 0. The second kappa shape index (κ2) is 14.7. The van der Waals surface area contributed by atoms with Crippen LogP contribution in [0.5, 0.6) is 5.75 Å². The first-order valence-corrected chi connectivity index (χ1v) is 15.9. The highest BCUT2D eigenvalue weighted by atomic mass is 16.5. The molecule has 47 heavy (non-hydrogen) atoms. The molecular weight excluding hydrogens is 598 g/mol. The first-order valence-electron chi connectivity index (χ1n) is 15.9. The number of methoxy groups -OCH3 is 1. The molecule has 0 radical (unpaired) electrons. The summed E-state index contributed by atoms with van der Waals surface area (Å²) in [6.07, 6.45) is 0.627. The van der Waals surface area contributed by atoms with Crippen LogP contribution < -0.4 is 30.9 Å². The lowest BCUT2D eigenvalue weighted by atomic mass is 9.98. The van der Waals surface area contributed by atoms with Gasteiger partial charge in [-0.15, -0.1) is 0 Å². The number of fused-ring (bicyclic) bond motifs is 16. The van der Waals surface area contributed by atoms with E-state index in [0.29, 0.717) is 31.7 Å². The molecule has 4 N–H and O–H groups in total. The molecule has 6 rings (SSSR count). The zero-order valence-electron chi connectivity index (χ0n) is 27.4. The zero-order valence-corrected chi connectivity index (χ0v) is 27.4. The second-order valence-corrected chi connectivity index (χ2v) is 12.7. The molecule has 0 unspecified atom stereocenters. The van der Waals surface area contributed by atoms with Crippen molar-refractivity contribution in [2.45, 2.75) is 70.8 Å². The molecule has 11 nitrogen and oxygen atoms in total. The monoisotopic (exact) mass is 641 g/mol. The minimum Gasteiger partial charge on any atom is -0.497 e. The van der Waals surface area contributed by atoms with E-state index < -0.39 is 29.7 Å². The fraction of sp³-hybridized carbons (Fsp3) is 0.389. The van der Waals surface area contributed by atoms with Crippen molar-refractivity contribution in [3.63, 3.8) is 0 Å². The summed E-state index contributed by atoms with van der Waals surface area (Å²) in [6, 6.07) is 20.2. The van der Waals surface area contributed by atoms with E-state index in [1.54, 1.807) is 18.9 Å². The maximum absolute atomic E-state index is 14.1. The highest BCUT2D eigenvalue weighted by Gasteiger charge is 2.33. The van der Waals surface area contributed by atoms with E-state index in [-0.39, 0.29) is 31.3 Å². The van der Waals surface area contributed by atoms with E-state index in [1.165, 1.54) is 0 Å². The van der Waals surface area contributed by atoms with Gasteiger partial charge in [-0.25, -0.2) is 4.79 Å². The summed E-state index contributed by atoms with van der Waals surface area (Å²) in [7, 11) is 1.61. The average Bonchev–Trinajstić information content (AvgIpc) is 3.17. The summed E-state index contributed by atoms with van der Waals surface area (Å²) in [5, 5.41) is 11.7. The number of ether oxygens (including phenoxy) is 2.